The summed E-state index contributed by atoms with van der Waals surface area (Å²) in [6.45, 7) is 4.06. The first kappa shape index (κ1) is 12.0. The third-order valence-corrected chi connectivity index (χ3v) is 2.23. The van der Waals surface area contributed by atoms with Crippen molar-refractivity contribution in [2.45, 2.75) is 26.6 Å². The first-order valence-corrected chi connectivity index (χ1v) is 4.71. The summed E-state index contributed by atoms with van der Waals surface area (Å²) in [6.07, 6.45) is 1.80. The van der Waals surface area contributed by atoms with Gasteiger partial charge in [0, 0.05) is 18.7 Å². The average molecular weight is 232 g/mol. The maximum atomic E-state index is 11.2. The highest BCUT2D eigenvalue weighted by atomic mass is 35.5. The second-order valence-corrected chi connectivity index (χ2v) is 3.18. The topological polar surface area (TPSA) is 56.2 Å². The molecule has 2 rings (SSSR count). The number of carbonyl (C=O) groups excluding carboxylic acids is 1. The molecule has 0 saturated carbocycles. The number of esters is 1. The van der Waals surface area contributed by atoms with Crippen LogP contribution in [0.4, 0.5) is 0 Å². The Morgan fingerprint density at radius 3 is 3.20 bits per heavy atom. The van der Waals surface area contributed by atoms with Crippen molar-refractivity contribution in [1.29, 1.82) is 0 Å². The fourth-order valence-electron chi connectivity index (χ4n) is 1.58. The second kappa shape index (κ2) is 5.14. The van der Waals surface area contributed by atoms with E-state index in [-0.39, 0.29) is 24.9 Å². The van der Waals surface area contributed by atoms with Crippen molar-refractivity contribution in [3.05, 3.63) is 17.5 Å². The molecule has 1 N–H and O–H groups in total. The van der Waals surface area contributed by atoms with E-state index in [2.05, 4.69) is 10.4 Å². The lowest BCUT2D eigenvalue weighted by molar-refractivity contribution is -0.144. The number of ether oxygens (including phenoxy) is 1. The average Bonchev–Trinajstić information content (AvgIpc) is 2.70. The molecule has 0 bridgehead atoms. The SMILES string of the molecule is CCOC(=O)Cn1ncc2c1CNC2.Cl. The van der Waals surface area contributed by atoms with Crippen molar-refractivity contribution < 1.29 is 9.53 Å². The van der Waals surface area contributed by atoms with Gasteiger partial charge in [-0.1, -0.05) is 0 Å². The van der Waals surface area contributed by atoms with Crippen molar-refractivity contribution in [1.82, 2.24) is 15.1 Å². The molecule has 2 heterocycles. The molecule has 0 radical (unpaired) electrons. The molecule has 0 atom stereocenters. The van der Waals surface area contributed by atoms with E-state index in [0.29, 0.717) is 6.61 Å². The van der Waals surface area contributed by atoms with Gasteiger partial charge in [-0.15, -0.1) is 12.4 Å². The van der Waals surface area contributed by atoms with Gasteiger partial charge in [-0.2, -0.15) is 5.10 Å². The maximum absolute atomic E-state index is 11.2. The van der Waals surface area contributed by atoms with Gasteiger partial charge in [-0.05, 0) is 6.92 Å². The minimum absolute atomic E-state index is 0. The summed E-state index contributed by atoms with van der Waals surface area (Å²) in [5.74, 6) is -0.231. The number of hydrogen-bond acceptors (Lipinski definition) is 4. The van der Waals surface area contributed by atoms with E-state index in [1.165, 1.54) is 5.56 Å². The molecular weight excluding hydrogens is 218 g/mol. The number of halogens is 1. The quantitative estimate of drug-likeness (QED) is 0.769. The molecule has 1 aliphatic heterocycles. The third kappa shape index (κ3) is 2.49. The van der Waals surface area contributed by atoms with E-state index in [0.717, 1.165) is 18.8 Å². The molecule has 0 spiro atoms. The number of fused-ring (bicyclic) bond motifs is 1. The van der Waals surface area contributed by atoms with E-state index >= 15 is 0 Å². The van der Waals surface area contributed by atoms with Crippen LogP contribution in [0.3, 0.4) is 0 Å². The number of carbonyl (C=O) groups is 1. The zero-order valence-corrected chi connectivity index (χ0v) is 9.34. The van der Waals surface area contributed by atoms with Gasteiger partial charge in [0.2, 0.25) is 0 Å². The van der Waals surface area contributed by atoms with Crippen molar-refractivity contribution in [2.24, 2.45) is 0 Å². The monoisotopic (exact) mass is 231 g/mol. The number of hydrogen-bond donors (Lipinski definition) is 1. The minimum atomic E-state index is -0.231. The van der Waals surface area contributed by atoms with Gasteiger partial charge in [0.25, 0.3) is 0 Å². The number of nitrogens with one attached hydrogen (secondary N) is 1. The molecule has 0 saturated heterocycles. The number of nitrogens with zero attached hydrogens (tertiary/aromatic N) is 2. The molecule has 1 aliphatic rings. The van der Waals surface area contributed by atoms with Gasteiger partial charge >= 0.3 is 5.97 Å². The molecule has 1 aromatic heterocycles. The largest absolute Gasteiger partial charge is 0.465 e. The summed E-state index contributed by atoms with van der Waals surface area (Å²) in [4.78, 5) is 11.2. The Bertz CT molecular complexity index is 351. The van der Waals surface area contributed by atoms with Crippen molar-refractivity contribution in [3.8, 4) is 0 Å². The van der Waals surface area contributed by atoms with Crippen molar-refractivity contribution >= 4 is 18.4 Å². The predicted molar refractivity (Wildman–Crippen MR) is 56.7 cm³/mol. The highest BCUT2D eigenvalue weighted by molar-refractivity contribution is 5.85. The Morgan fingerprint density at radius 1 is 1.67 bits per heavy atom. The highest BCUT2D eigenvalue weighted by Crippen LogP contribution is 2.13. The van der Waals surface area contributed by atoms with E-state index in [1.807, 2.05) is 0 Å². The standard InChI is InChI=1S/C9H13N3O2.ClH/c1-2-14-9(13)6-12-8-5-10-3-7(8)4-11-12;/h4,10H,2-3,5-6H2,1H3;1H. The van der Waals surface area contributed by atoms with Crippen LogP contribution in [0, 0.1) is 0 Å². The lowest BCUT2D eigenvalue weighted by atomic mass is 10.3. The van der Waals surface area contributed by atoms with Crippen LogP contribution in [0.1, 0.15) is 18.2 Å². The zero-order valence-electron chi connectivity index (χ0n) is 8.52. The summed E-state index contributed by atoms with van der Waals surface area (Å²) in [6, 6.07) is 0. The van der Waals surface area contributed by atoms with Crippen LogP contribution in [0.15, 0.2) is 6.20 Å². The van der Waals surface area contributed by atoms with Crippen molar-refractivity contribution in [2.75, 3.05) is 6.61 Å². The number of rotatable bonds is 3. The molecule has 0 unspecified atom stereocenters. The summed E-state index contributed by atoms with van der Waals surface area (Å²) in [7, 11) is 0. The van der Waals surface area contributed by atoms with Crippen LogP contribution in [0.2, 0.25) is 0 Å². The molecule has 1 aromatic rings. The van der Waals surface area contributed by atoms with Crippen LogP contribution < -0.4 is 5.32 Å². The van der Waals surface area contributed by atoms with Gasteiger partial charge in [0.15, 0.2) is 0 Å². The molecule has 6 heteroatoms. The fraction of sp³-hybridized carbons (Fsp3) is 0.556. The van der Waals surface area contributed by atoms with Crippen LogP contribution >= 0.6 is 12.4 Å². The smallest absolute Gasteiger partial charge is 0.327 e. The molecular formula is C9H14ClN3O2. The van der Waals surface area contributed by atoms with Gasteiger partial charge < -0.3 is 10.1 Å². The molecule has 0 amide bonds. The summed E-state index contributed by atoms with van der Waals surface area (Å²) in [5.41, 5.74) is 2.27. The van der Waals surface area contributed by atoms with Crippen LogP contribution in [-0.4, -0.2) is 22.4 Å². The second-order valence-electron chi connectivity index (χ2n) is 3.18. The predicted octanol–water partition coefficient (Wildman–Crippen LogP) is 0.471. The molecule has 15 heavy (non-hydrogen) atoms. The van der Waals surface area contributed by atoms with Crippen LogP contribution in [0.25, 0.3) is 0 Å². The van der Waals surface area contributed by atoms with E-state index < -0.39 is 0 Å². The minimum Gasteiger partial charge on any atom is -0.465 e. The number of aromatic nitrogens is 2. The first-order valence-electron chi connectivity index (χ1n) is 4.71. The zero-order chi connectivity index (χ0) is 9.97. The lowest BCUT2D eigenvalue weighted by Gasteiger charge is -2.04. The Balaban J connectivity index is 0.00000112. The Hall–Kier alpha value is -1.07. The van der Waals surface area contributed by atoms with E-state index in [1.54, 1.807) is 17.8 Å². The Kier molecular flexibility index (Phi) is 4.11. The van der Waals surface area contributed by atoms with Gasteiger partial charge in [-0.25, -0.2) is 0 Å². The first-order chi connectivity index (χ1) is 6.81. The van der Waals surface area contributed by atoms with Crippen molar-refractivity contribution in [3.63, 3.8) is 0 Å². The summed E-state index contributed by atoms with van der Waals surface area (Å²) < 4.78 is 6.56. The van der Waals surface area contributed by atoms with Gasteiger partial charge in [-0.3, -0.25) is 9.48 Å². The molecule has 5 nitrogen and oxygen atoms in total. The Labute approximate surface area is 94.2 Å². The third-order valence-electron chi connectivity index (χ3n) is 2.23. The molecule has 0 aromatic carbocycles. The van der Waals surface area contributed by atoms with Gasteiger partial charge in [0.1, 0.15) is 6.54 Å². The molecule has 0 fully saturated rings. The van der Waals surface area contributed by atoms with E-state index in [9.17, 15) is 4.79 Å². The molecule has 84 valence electrons. The fourth-order valence-corrected chi connectivity index (χ4v) is 1.58. The van der Waals surface area contributed by atoms with Crippen LogP contribution in [0.5, 0.6) is 0 Å². The molecule has 0 aliphatic carbocycles. The van der Waals surface area contributed by atoms with E-state index in [4.69, 9.17) is 4.74 Å². The summed E-state index contributed by atoms with van der Waals surface area (Å²) >= 11 is 0. The Morgan fingerprint density at radius 2 is 2.47 bits per heavy atom. The normalized spacial score (nSPS) is 13.1. The highest BCUT2D eigenvalue weighted by Gasteiger charge is 2.17. The maximum Gasteiger partial charge on any atom is 0.327 e. The summed E-state index contributed by atoms with van der Waals surface area (Å²) in [5, 5.41) is 7.34. The lowest BCUT2D eigenvalue weighted by Crippen LogP contribution is -2.17. The van der Waals surface area contributed by atoms with Crippen LogP contribution in [-0.2, 0) is 29.2 Å². The van der Waals surface area contributed by atoms with Gasteiger partial charge in [0.05, 0.1) is 18.5 Å².